The van der Waals surface area contributed by atoms with Crippen molar-refractivity contribution >= 4 is 0 Å². The Bertz CT molecular complexity index is 323. The van der Waals surface area contributed by atoms with E-state index in [0.717, 1.165) is 37.1 Å². The number of hydrogen-bond acceptors (Lipinski definition) is 3. The fraction of sp³-hybridized carbons (Fsp3) is 0.615. The fourth-order valence-electron chi connectivity index (χ4n) is 1.51. The number of ether oxygens (including phenoxy) is 1. The van der Waals surface area contributed by atoms with Crippen molar-refractivity contribution in [2.45, 2.75) is 45.2 Å². The third-order valence-electron chi connectivity index (χ3n) is 2.70. The van der Waals surface area contributed by atoms with Crippen LogP contribution in [0.4, 0.5) is 0 Å². The summed E-state index contributed by atoms with van der Waals surface area (Å²) in [7, 11) is 0. The van der Waals surface area contributed by atoms with Gasteiger partial charge in [0.1, 0.15) is 5.75 Å². The monoisotopic (exact) mass is 220 g/mol. The molecule has 3 heteroatoms. The number of unbranched alkanes of at least 4 members (excludes halogenated alkanes) is 1. The molecular weight excluding hydrogens is 200 g/mol. The summed E-state index contributed by atoms with van der Waals surface area (Å²) in [6.07, 6.45) is 6.73. The van der Waals surface area contributed by atoms with Crippen LogP contribution in [-0.2, 0) is 6.54 Å². The van der Waals surface area contributed by atoms with Crippen LogP contribution in [0.5, 0.6) is 5.75 Å². The van der Waals surface area contributed by atoms with E-state index in [9.17, 15) is 0 Å². The van der Waals surface area contributed by atoms with Gasteiger partial charge in [0.15, 0.2) is 0 Å². The molecule has 1 aliphatic carbocycles. The number of aromatic nitrogens is 1. The summed E-state index contributed by atoms with van der Waals surface area (Å²) in [5.74, 6) is 0.941. The molecule has 1 fully saturated rings. The average molecular weight is 220 g/mol. The van der Waals surface area contributed by atoms with Crippen molar-refractivity contribution in [2.75, 3.05) is 6.61 Å². The molecule has 1 N–H and O–H groups in total. The van der Waals surface area contributed by atoms with E-state index in [1.807, 2.05) is 18.3 Å². The average Bonchev–Trinajstić information content (AvgIpc) is 3.11. The Kier molecular flexibility index (Phi) is 4.17. The van der Waals surface area contributed by atoms with Crippen molar-refractivity contribution < 1.29 is 4.74 Å². The first-order valence-corrected chi connectivity index (χ1v) is 6.19. The molecule has 88 valence electrons. The summed E-state index contributed by atoms with van der Waals surface area (Å²) >= 11 is 0. The molecule has 0 unspecified atom stereocenters. The van der Waals surface area contributed by atoms with Crippen LogP contribution < -0.4 is 10.1 Å². The standard InChI is InChI=1S/C13H20N2O/c1-2-3-8-16-13-6-7-14-12(9-13)10-15-11-4-5-11/h6-7,9,11,15H,2-5,8,10H2,1H3. The number of rotatable bonds is 7. The smallest absolute Gasteiger partial charge is 0.122 e. The van der Waals surface area contributed by atoms with Gasteiger partial charge in [-0.05, 0) is 25.3 Å². The van der Waals surface area contributed by atoms with Crippen molar-refractivity contribution in [3.63, 3.8) is 0 Å². The van der Waals surface area contributed by atoms with E-state index in [1.54, 1.807) is 0 Å². The zero-order valence-corrected chi connectivity index (χ0v) is 9.91. The second kappa shape index (κ2) is 5.85. The highest BCUT2D eigenvalue weighted by Crippen LogP contribution is 2.19. The van der Waals surface area contributed by atoms with E-state index in [-0.39, 0.29) is 0 Å². The Hall–Kier alpha value is -1.09. The molecule has 1 aromatic heterocycles. The maximum absolute atomic E-state index is 5.64. The van der Waals surface area contributed by atoms with E-state index in [0.29, 0.717) is 0 Å². The van der Waals surface area contributed by atoms with Gasteiger partial charge in [-0.1, -0.05) is 13.3 Å². The summed E-state index contributed by atoms with van der Waals surface area (Å²) in [5.41, 5.74) is 1.07. The zero-order chi connectivity index (χ0) is 11.2. The maximum Gasteiger partial charge on any atom is 0.122 e. The van der Waals surface area contributed by atoms with E-state index in [2.05, 4.69) is 17.2 Å². The van der Waals surface area contributed by atoms with Gasteiger partial charge < -0.3 is 10.1 Å². The van der Waals surface area contributed by atoms with Crippen LogP contribution in [0, 0.1) is 0 Å². The zero-order valence-electron chi connectivity index (χ0n) is 9.91. The van der Waals surface area contributed by atoms with Gasteiger partial charge in [-0.15, -0.1) is 0 Å². The first kappa shape index (κ1) is 11.4. The van der Waals surface area contributed by atoms with Crippen LogP contribution in [-0.4, -0.2) is 17.6 Å². The molecule has 0 bridgehead atoms. The van der Waals surface area contributed by atoms with Crippen LogP contribution >= 0.6 is 0 Å². The first-order valence-electron chi connectivity index (χ1n) is 6.19. The second-order valence-electron chi connectivity index (χ2n) is 4.34. The number of pyridine rings is 1. The van der Waals surface area contributed by atoms with Crippen LogP contribution in [0.1, 0.15) is 38.3 Å². The summed E-state index contributed by atoms with van der Waals surface area (Å²) in [5, 5.41) is 3.45. The highest BCUT2D eigenvalue weighted by atomic mass is 16.5. The van der Waals surface area contributed by atoms with E-state index in [1.165, 1.54) is 19.3 Å². The van der Waals surface area contributed by atoms with Gasteiger partial charge in [-0.2, -0.15) is 0 Å². The van der Waals surface area contributed by atoms with Crippen molar-refractivity contribution in [3.8, 4) is 5.75 Å². The molecular formula is C13H20N2O. The first-order chi connectivity index (χ1) is 7.88. The molecule has 1 aromatic rings. The molecule has 0 saturated heterocycles. The lowest BCUT2D eigenvalue weighted by Crippen LogP contribution is -2.16. The number of hydrogen-bond donors (Lipinski definition) is 1. The van der Waals surface area contributed by atoms with Crippen molar-refractivity contribution in [3.05, 3.63) is 24.0 Å². The van der Waals surface area contributed by atoms with Gasteiger partial charge in [0.25, 0.3) is 0 Å². The molecule has 1 heterocycles. The van der Waals surface area contributed by atoms with Gasteiger partial charge >= 0.3 is 0 Å². The Morgan fingerprint density at radius 2 is 2.38 bits per heavy atom. The van der Waals surface area contributed by atoms with Crippen LogP contribution in [0.25, 0.3) is 0 Å². The summed E-state index contributed by atoms with van der Waals surface area (Å²) in [6, 6.07) is 4.69. The van der Waals surface area contributed by atoms with E-state index in [4.69, 9.17) is 4.74 Å². The highest BCUT2D eigenvalue weighted by Gasteiger charge is 2.20. The lowest BCUT2D eigenvalue weighted by Gasteiger charge is -2.07. The Morgan fingerprint density at radius 3 is 3.12 bits per heavy atom. The van der Waals surface area contributed by atoms with Gasteiger partial charge in [0.05, 0.1) is 12.3 Å². The Labute approximate surface area is 97.2 Å². The lowest BCUT2D eigenvalue weighted by atomic mass is 10.3. The van der Waals surface area contributed by atoms with Gasteiger partial charge in [-0.3, -0.25) is 4.98 Å². The molecule has 0 aromatic carbocycles. The number of nitrogens with one attached hydrogen (secondary N) is 1. The van der Waals surface area contributed by atoms with Crippen molar-refractivity contribution in [1.29, 1.82) is 0 Å². The minimum Gasteiger partial charge on any atom is -0.493 e. The van der Waals surface area contributed by atoms with Crippen molar-refractivity contribution in [1.82, 2.24) is 10.3 Å². The minimum absolute atomic E-state index is 0.728. The summed E-state index contributed by atoms with van der Waals surface area (Å²) < 4.78 is 5.64. The summed E-state index contributed by atoms with van der Waals surface area (Å²) in [4.78, 5) is 4.32. The maximum atomic E-state index is 5.64. The normalized spacial score (nSPS) is 15.1. The molecule has 3 nitrogen and oxygen atoms in total. The molecule has 0 aliphatic heterocycles. The van der Waals surface area contributed by atoms with Gasteiger partial charge in [0.2, 0.25) is 0 Å². The molecule has 0 amide bonds. The third kappa shape index (κ3) is 3.81. The minimum atomic E-state index is 0.728. The Balaban J connectivity index is 1.80. The van der Waals surface area contributed by atoms with Crippen LogP contribution in [0.2, 0.25) is 0 Å². The molecule has 1 saturated carbocycles. The van der Waals surface area contributed by atoms with E-state index < -0.39 is 0 Å². The second-order valence-corrected chi connectivity index (χ2v) is 4.34. The molecule has 0 atom stereocenters. The van der Waals surface area contributed by atoms with Crippen LogP contribution in [0.3, 0.4) is 0 Å². The predicted octanol–water partition coefficient (Wildman–Crippen LogP) is 2.51. The quantitative estimate of drug-likeness (QED) is 0.717. The van der Waals surface area contributed by atoms with Crippen molar-refractivity contribution in [2.24, 2.45) is 0 Å². The molecule has 2 rings (SSSR count). The van der Waals surface area contributed by atoms with E-state index >= 15 is 0 Å². The predicted molar refractivity (Wildman–Crippen MR) is 64.5 cm³/mol. The molecule has 1 aliphatic rings. The van der Waals surface area contributed by atoms with Crippen LogP contribution in [0.15, 0.2) is 18.3 Å². The third-order valence-corrected chi connectivity index (χ3v) is 2.70. The van der Waals surface area contributed by atoms with Gasteiger partial charge in [-0.25, -0.2) is 0 Å². The number of nitrogens with zero attached hydrogens (tertiary/aromatic N) is 1. The topological polar surface area (TPSA) is 34.1 Å². The highest BCUT2D eigenvalue weighted by molar-refractivity contribution is 5.22. The Morgan fingerprint density at radius 1 is 1.50 bits per heavy atom. The molecule has 16 heavy (non-hydrogen) atoms. The van der Waals surface area contributed by atoms with Gasteiger partial charge in [0, 0.05) is 24.8 Å². The molecule has 0 spiro atoms. The summed E-state index contributed by atoms with van der Waals surface area (Å²) in [6.45, 7) is 3.83. The largest absolute Gasteiger partial charge is 0.493 e. The fourth-order valence-corrected chi connectivity index (χ4v) is 1.51. The lowest BCUT2D eigenvalue weighted by molar-refractivity contribution is 0.308. The SMILES string of the molecule is CCCCOc1ccnc(CNC2CC2)c1. The molecule has 0 radical (unpaired) electrons.